The summed E-state index contributed by atoms with van der Waals surface area (Å²) >= 11 is 7.72. The Labute approximate surface area is 198 Å². The molecule has 0 saturated carbocycles. The first-order chi connectivity index (χ1) is 15.4. The van der Waals surface area contributed by atoms with E-state index >= 15 is 0 Å². The molecule has 0 aliphatic carbocycles. The molecule has 1 saturated heterocycles. The van der Waals surface area contributed by atoms with E-state index in [2.05, 4.69) is 5.32 Å². The van der Waals surface area contributed by atoms with Crippen LogP contribution in [0.1, 0.15) is 47.4 Å². The zero-order valence-electron chi connectivity index (χ0n) is 18.4. The summed E-state index contributed by atoms with van der Waals surface area (Å²) in [5.41, 5.74) is 1.40. The van der Waals surface area contributed by atoms with Gasteiger partial charge < -0.3 is 15.1 Å². The third-order valence-electron chi connectivity index (χ3n) is 5.45. The molecule has 8 heteroatoms. The smallest absolute Gasteiger partial charge is 0.256 e. The molecule has 1 aliphatic rings. The Balaban J connectivity index is 1.69. The second-order valence-electron chi connectivity index (χ2n) is 7.50. The van der Waals surface area contributed by atoms with Gasteiger partial charge in [-0.3, -0.25) is 14.4 Å². The van der Waals surface area contributed by atoms with Gasteiger partial charge in [-0.2, -0.15) is 0 Å². The molecule has 0 unspecified atom stereocenters. The Morgan fingerprint density at radius 1 is 1.03 bits per heavy atom. The number of nitrogens with one attached hydrogen (secondary N) is 1. The number of thioether (sulfide) groups is 1. The monoisotopic (exact) mass is 473 g/mol. The number of halogens is 1. The SMILES string of the molecule is CCN(CC)C(=O)c1ccc(NC(=O)c2ccccc2SCC(=O)N2CCCC2)cc1Cl. The van der Waals surface area contributed by atoms with E-state index in [4.69, 9.17) is 11.6 Å². The van der Waals surface area contributed by atoms with Gasteiger partial charge in [-0.15, -0.1) is 11.8 Å². The Kier molecular flexibility index (Phi) is 8.59. The van der Waals surface area contributed by atoms with E-state index in [1.807, 2.05) is 30.9 Å². The second kappa shape index (κ2) is 11.4. The topological polar surface area (TPSA) is 69.7 Å². The molecule has 1 heterocycles. The maximum atomic E-state index is 12.9. The lowest BCUT2D eigenvalue weighted by Gasteiger charge is -2.19. The van der Waals surface area contributed by atoms with Gasteiger partial charge in [0, 0.05) is 36.8 Å². The van der Waals surface area contributed by atoms with Crippen molar-refractivity contribution in [3.05, 3.63) is 58.6 Å². The Hall–Kier alpha value is -2.51. The van der Waals surface area contributed by atoms with E-state index in [1.54, 1.807) is 35.2 Å². The average Bonchev–Trinajstić information content (AvgIpc) is 3.33. The van der Waals surface area contributed by atoms with E-state index in [0.717, 1.165) is 30.8 Å². The van der Waals surface area contributed by atoms with Crippen LogP contribution in [0.15, 0.2) is 47.4 Å². The molecule has 170 valence electrons. The highest BCUT2D eigenvalue weighted by Gasteiger charge is 2.20. The van der Waals surface area contributed by atoms with E-state index in [-0.39, 0.29) is 17.7 Å². The predicted molar refractivity (Wildman–Crippen MR) is 130 cm³/mol. The summed E-state index contributed by atoms with van der Waals surface area (Å²) in [5.74, 6) is -0.0241. The van der Waals surface area contributed by atoms with Crippen LogP contribution in [0.2, 0.25) is 5.02 Å². The van der Waals surface area contributed by atoms with Crippen molar-refractivity contribution in [2.45, 2.75) is 31.6 Å². The van der Waals surface area contributed by atoms with Crippen molar-refractivity contribution in [3.63, 3.8) is 0 Å². The van der Waals surface area contributed by atoms with E-state index in [9.17, 15) is 14.4 Å². The van der Waals surface area contributed by atoms with Gasteiger partial charge in [-0.25, -0.2) is 0 Å². The highest BCUT2D eigenvalue weighted by molar-refractivity contribution is 8.00. The van der Waals surface area contributed by atoms with Crippen molar-refractivity contribution in [3.8, 4) is 0 Å². The third-order valence-corrected chi connectivity index (χ3v) is 6.82. The molecular formula is C24H28ClN3O3S. The second-order valence-corrected chi connectivity index (χ2v) is 8.92. The van der Waals surface area contributed by atoms with Gasteiger partial charge in [0.1, 0.15) is 0 Å². The molecule has 1 fully saturated rings. The summed E-state index contributed by atoms with van der Waals surface area (Å²) in [6.45, 7) is 6.65. The summed E-state index contributed by atoms with van der Waals surface area (Å²) in [6.07, 6.45) is 2.11. The van der Waals surface area contributed by atoms with Crippen LogP contribution in [0.25, 0.3) is 0 Å². The number of hydrogen-bond acceptors (Lipinski definition) is 4. The van der Waals surface area contributed by atoms with Crippen LogP contribution >= 0.6 is 23.4 Å². The minimum Gasteiger partial charge on any atom is -0.342 e. The van der Waals surface area contributed by atoms with E-state index in [1.165, 1.54) is 11.8 Å². The number of nitrogens with zero attached hydrogens (tertiary/aromatic N) is 2. The van der Waals surface area contributed by atoms with Crippen molar-refractivity contribution in [2.24, 2.45) is 0 Å². The molecule has 1 N–H and O–H groups in total. The molecule has 0 spiro atoms. The van der Waals surface area contributed by atoms with Crippen molar-refractivity contribution in [1.29, 1.82) is 0 Å². The highest BCUT2D eigenvalue weighted by Crippen LogP contribution is 2.26. The minimum atomic E-state index is -0.291. The van der Waals surface area contributed by atoms with Crippen molar-refractivity contribution in [2.75, 3.05) is 37.2 Å². The zero-order chi connectivity index (χ0) is 23.1. The first-order valence-corrected chi connectivity index (χ1v) is 12.2. The van der Waals surface area contributed by atoms with Crippen molar-refractivity contribution in [1.82, 2.24) is 9.80 Å². The number of hydrogen-bond donors (Lipinski definition) is 1. The predicted octanol–water partition coefficient (Wildman–Crippen LogP) is 4.79. The number of amides is 3. The van der Waals surface area contributed by atoms with Gasteiger partial charge in [-0.05, 0) is 57.0 Å². The summed E-state index contributed by atoms with van der Waals surface area (Å²) in [6, 6.07) is 12.1. The van der Waals surface area contributed by atoms with Crippen LogP contribution in [-0.4, -0.2) is 59.5 Å². The van der Waals surface area contributed by atoms with Gasteiger partial charge in [-0.1, -0.05) is 23.7 Å². The third kappa shape index (κ3) is 5.84. The molecule has 0 radical (unpaired) electrons. The molecule has 0 bridgehead atoms. The molecule has 3 amide bonds. The minimum absolute atomic E-state index is 0.1000. The number of benzene rings is 2. The fourth-order valence-electron chi connectivity index (χ4n) is 3.62. The van der Waals surface area contributed by atoms with Gasteiger partial charge in [0.2, 0.25) is 5.91 Å². The van der Waals surface area contributed by atoms with Gasteiger partial charge >= 0.3 is 0 Å². The quantitative estimate of drug-likeness (QED) is 0.559. The van der Waals surface area contributed by atoms with Crippen LogP contribution < -0.4 is 5.32 Å². The lowest BCUT2D eigenvalue weighted by Crippen LogP contribution is -2.30. The Morgan fingerprint density at radius 2 is 1.72 bits per heavy atom. The number of anilines is 1. The summed E-state index contributed by atoms with van der Waals surface area (Å²) < 4.78 is 0. The molecule has 0 aromatic heterocycles. The Bertz CT molecular complexity index is 988. The average molecular weight is 474 g/mol. The van der Waals surface area contributed by atoms with Gasteiger partial charge in [0.05, 0.1) is 21.9 Å². The summed E-state index contributed by atoms with van der Waals surface area (Å²) in [4.78, 5) is 42.2. The lowest BCUT2D eigenvalue weighted by molar-refractivity contribution is -0.127. The van der Waals surface area contributed by atoms with Gasteiger partial charge in [0.25, 0.3) is 11.8 Å². The van der Waals surface area contributed by atoms with Crippen LogP contribution in [-0.2, 0) is 4.79 Å². The number of carbonyl (C=O) groups is 3. The normalized spacial score (nSPS) is 13.2. The number of rotatable bonds is 8. The number of carbonyl (C=O) groups excluding carboxylic acids is 3. The molecule has 6 nitrogen and oxygen atoms in total. The van der Waals surface area contributed by atoms with E-state index < -0.39 is 0 Å². The highest BCUT2D eigenvalue weighted by atomic mass is 35.5. The van der Waals surface area contributed by atoms with Crippen molar-refractivity contribution >= 4 is 46.8 Å². The molecular weight excluding hydrogens is 446 g/mol. The molecule has 2 aromatic rings. The first kappa shape index (κ1) is 24.1. The molecule has 1 aliphatic heterocycles. The van der Waals surface area contributed by atoms with Gasteiger partial charge in [0.15, 0.2) is 0 Å². The fraction of sp³-hybridized carbons (Fsp3) is 0.375. The number of likely N-dealkylation sites (tertiary alicyclic amines) is 1. The maximum absolute atomic E-state index is 12.9. The van der Waals surface area contributed by atoms with Crippen LogP contribution in [0.3, 0.4) is 0 Å². The van der Waals surface area contributed by atoms with Crippen LogP contribution in [0, 0.1) is 0 Å². The van der Waals surface area contributed by atoms with Crippen LogP contribution in [0.4, 0.5) is 5.69 Å². The fourth-order valence-corrected chi connectivity index (χ4v) is 4.84. The maximum Gasteiger partial charge on any atom is 0.256 e. The van der Waals surface area contributed by atoms with Crippen LogP contribution in [0.5, 0.6) is 0 Å². The molecule has 32 heavy (non-hydrogen) atoms. The van der Waals surface area contributed by atoms with Crippen molar-refractivity contribution < 1.29 is 14.4 Å². The molecule has 0 atom stereocenters. The lowest BCUT2D eigenvalue weighted by atomic mass is 10.1. The summed E-state index contributed by atoms with van der Waals surface area (Å²) in [7, 11) is 0. The zero-order valence-corrected chi connectivity index (χ0v) is 20.0. The standard InChI is InChI=1S/C24H28ClN3O3S/c1-3-27(4-2)24(31)18-12-11-17(15-20(18)25)26-23(30)19-9-5-6-10-21(19)32-16-22(29)28-13-7-8-14-28/h5-6,9-12,15H,3-4,7-8,13-14,16H2,1-2H3,(H,26,30). The molecule has 3 rings (SSSR count). The summed E-state index contributed by atoms with van der Waals surface area (Å²) in [5, 5.41) is 3.14. The molecule has 2 aromatic carbocycles. The Morgan fingerprint density at radius 3 is 2.38 bits per heavy atom. The first-order valence-electron chi connectivity index (χ1n) is 10.8. The largest absolute Gasteiger partial charge is 0.342 e. The van der Waals surface area contributed by atoms with E-state index in [0.29, 0.717) is 40.7 Å².